The van der Waals surface area contributed by atoms with Crippen molar-refractivity contribution in [1.82, 2.24) is 4.57 Å². The van der Waals surface area contributed by atoms with Gasteiger partial charge in [-0.25, -0.2) is 0 Å². The molecule has 0 bridgehead atoms. The van der Waals surface area contributed by atoms with Gasteiger partial charge < -0.3 is 10.3 Å². The Hall–Kier alpha value is -1.61. The van der Waals surface area contributed by atoms with E-state index in [4.69, 9.17) is 11.1 Å². The molecule has 1 aromatic rings. The maximum Gasteiger partial charge on any atom is 0.134 e. The molecule has 3 nitrogen and oxygen atoms in total. The zero-order valence-corrected chi connectivity index (χ0v) is 9.25. The molecular weight excluding hydrogens is 186 g/mol. The molecule has 1 rings (SSSR count). The Morgan fingerprint density at radius 2 is 2.27 bits per heavy atom. The third-order valence-corrected chi connectivity index (χ3v) is 2.27. The average Bonchev–Trinajstić information content (AvgIpc) is 2.19. The Kier molecular flexibility index (Phi) is 3.27. The van der Waals surface area contributed by atoms with Crippen LogP contribution in [0.1, 0.15) is 24.1 Å². The highest BCUT2D eigenvalue weighted by atomic mass is 15.0. The van der Waals surface area contributed by atoms with Gasteiger partial charge in [0.1, 0.15) is 5.49 Å². The number of hydrogen-bond acceptors (Lipinski definition) is 2. The lowest BCUT2D eigenvalue weighted by Crippen LogP contribution is -2.26. The smallest absolute Gasteiger partial charge is 0.134 e. The second-order valence-electron chi connectivity index (χ2n) is 3.68. The van der Waals surface area contributed by atoms with Gasteiger partial charge >= 0.3 is 0 Å². The number of allylic oxidation sites excluding steroid dienone is 2. The Balaban J connectivity index is 3.48. The van der Waals surface area contributed by atoms with Crippen LogP contribution in [0.25, 0.3) is 5.70 Å². The van der Waals surface area contributed by atoms with Crippen LogP contribution in [0.3, 0.4) is 0 Å². The van der Waals surface area contributed by atoms with Crippen molar-refractivity contribution in [3.05, 3.63) is 48.1 Å². The molecule has 0 aliphatic heterocycles. The van der Waals surface area contributed by atoms with Crippen LogP contribution in [-0.2, 0) is 0 Å². The number of aryl methyl sites for hydroxylation is 1. The third kappa shape index (κ3) is 2.25. The first-order valence-electron chi connectivity index (χ1n) is 4.82. The molecule has 1 atom stereocenters. The van der Waals surface area contributed by atoms with E-state index in [1.807, 2.05) is 26.1 Å². The molecule has 3 heteroatoms. The molecular formula is C12H17N3. The van der Waals surface area contributed by atoms with Gasteiger partial charge in [-0.2, -0.15) is 0 Å². The van der Waals surface area contributed by atoms with E-state index in [1.165, 1.54) is 0 Å². The van der Waals surface area contributed by atoms with Crippen molar-refractivity contribution < 1.29 is 0 Å². The summed E-state index contributed by atoms with van der Waals surface area (Å²) >= 11 is 0. The van der Waals surface area contributed by atoms with Crippen molar-refractivity contribution in [2.45, 2.75) is 19.9 Å². The molecule has 0 saturated carbocycles. The van der Waals surface area contributed by atoms with Crippen molar-refractivity contribution in [2.24, 2.45) is 5.73 Å². The summed E-state index contributed by atoms with van der Waals surface area (Å²) in [5.74, 6) is 0. The third-order valence-electron chi connectivity index (χ3n) is 2.27. The minimum atomic E-state index is -0.152. The lowest BCUT2D eigenvalue weighted by molar-refractivity contribution is 0.765. The number of nitrogens with one attached hydrogen (secondary N) is 1. The number of nitrogens with two attached hydrogens (primary N) is 1. The zero-order valence-electron chi connectivity index (χ0n) is 9.25. The predicted molar refractivity (Wildman–Crippen MR) is 63.2 cm³/mol. The molecule has 0 aliphatic carbocycles. The van der Waals surface area contributed by atoms with Crippen LogP contribution in [0.5, 0.6) is 0 Å². The second kappa shape index (κ2) is 4.28. The van der Waals surface area contributed by atoms with E-state index in [0.29, 0.717) is 11.2 Å². The van der Waals surface area contributed by atoms with Gasteiger partial charge in [0.05, 0.1) is 0 Å². The average molecular weight is 203 g/mol. The summed E-state index contributed by atoms with van der Waals surface area (Å²) in [4.78, 5) is 0. The Morgan fingerprint density at radius 3 is 2.73 bits per heavy atom. The highest BCUT2D eigenvalue weighted by Crippen LogP contribution is 2.09. The molecule has 80 valence electrons. The van der Waals surface area contributed by atoms with Crippen molar-refractivity contribution in [2.75, 3.05) is 0 Å². The van der Waals surface area contributed by atoms with Gasteiger partial charge in [-0.05, 0) is 31.6 Å². The van der Waals surface area contributed by atoms with E-state index >= 15 is 0 Å². The van der Waals surface area contributed by atoms with Crippen LogP contribution < -0.4 is 11.2 Å². The molecule has 1 unspecified atom stereocenters. The number of hydrogen-bond donors (Lipinski definition) is 2. The van der Waals surface area contributed by atoms with Gasteiger partial charge in [-0.15, -0.1) is 0 Å². The molecule has 15 heavy (non-hydrogen) atoms. The minimum Gasteiger partial charge on any atom is -0.324 e. The summed E-state index contributed by atoms with van der Waals surface area (Å²) in [5.41, 5.74) is 8.74. The molecule has 0 aliphatic rings. The van der Waals surface area contributed by atoms with Crippen molar-refractivity contribution >= 4 is 5.70 Å². The Bertz CT molecular complexity index is 452. The summed E-state index contributed by atoms with van der Waals surface area (Å²) in [6, 6.07) is 1.78. The lowest BCUT2D eigenvalue weighted by Gasteiger charge is -2.13. The van der Waals surface area contributed by atoms with Crippen LogP contribution in [0.2, 0.25) is 0 Å². The topological polar surface area (TPSA) is 54.8 Å². The fraction of sp³-hybridized carbons (Fsp3) is 0.250. The molecule has 0 amide bonds. The molecule has 3 N–H and O–H groups in total. The van der Waals surface area contributed by atoms with Gasteiger partial charge in [0.15, 0.2) is 0 Å². The van der Waals surface area contributed by atoms with Crippen LogP contribution >= 0.6 is 0 Å². The normalized spacial score (nSPS) is 12.2. The number of nitrogens with zero attached hydrogens (tertiary/aromatic N) is 1. The molecule has 1 aromatic heterocycles. The Labute approximate surface area is 90.1 Å². The summed E-state index contributed by atoms with van der Waals surface area (Å²) in [5, 5.41) is 7.98. The molecule has 0 aromatic carbocycles. The van der Waals surface area contributed by atoms with Crippen molar-refractivity contribution in [3.63, 3.8) is 0 Å². The van der Waals surface area contributed by atoms with Crippen LogP contribution in [0, 0.1) is 12.3 Å². The molecule has 0 radical (unpaired) electrons. The van der Waals surface area contributed by atoms with Gasteiger partial charge in [0, 0.05) is 23.5 Å². The fourth-order valence-electron chi connectivity index (χ4n) is 1.43. The minimum absolute atomic E-state index is 0.152. The van der Waals surface area contributed by atoms with Gasteiger partial charge in [-0.1, -0.05) is 13.2 Å². The van der Waals surface area contributed by atoms with E-state index < -0.39 is 0 Å². The predicted octanol–water partition coefficient (Wildman–Crippen LogP) is 1.95. The van der Waals surface area contributed by atoms with E-state index in [1.54, 1.807) is 10.6 Å². The second-order valence-corrected chi connectivity index (χ2v) is 3.68. The standard InChI is InChI=1S/C12H17N3/c1-5-9(3)15-7-8(2)6-11(10(4)13)12(15)14/h5-7,10,14H,1,3,13H2,2,4H3. The molecule has 0 saturated heterocycles. The first kappa shape index (κ1) is 11.5. The fourth-order valence-corrected chi connectivity index (χ4v) is 1.43. The molecule has 1 heterocycles. The summed E-state index contributed by atoms with van der Waals surface area (Å²) in [6.07, 6.45) is 3.49. The zero-order chi connectivity index (χ0) is 11.6. The molecule has 0 fully saturated rings. The largest absolute Gasteiger partial charge is 0.324 e. The SMILES string of the molecule is C=CC(=C)n1cc(C)cc(C(C)N)c1=N. The van der Waals surface area contributed by atoms with Gasteiger partial charge in [0.25, 0.3) is 0 Å². The van der Waals surface area contributed by atoms with E-state index in [-0.39, 0.29) is 6.04 Å². The van der Waals surface area contributed by atoms with Crippen LogP contribution in [0.15, 0.2) is 31.5 Å². The lowest BCUT2D eigenvalue weighted by atomic mass is 10.1. The van der Waals surface area contributed by atoms with E-state index in [9.17, 15) is 0 Å². The number of rotatable bonds is 3. The number of aromatic nitrogens is 1. The van der Waals surface area contributed by atoms with E-state index in [2.05, 4.69) is 13.2 Å². The Morgan fingerprint density at radius 1 is 1.67 bits per heavy atom. The maximum atomic E-state index is 7.98. The summed E-state index contributed by atoms with van der Waals surface area (Å²) in [6.45, 7) is 11.3. The van der Waals surface area contributed by atoms with Gasteiger partial charge in [-0.3, -0.25) is 5.41 Å². The quantitative estimate of drug-likeness (QED) is 0.725. The first-order valence-corrected chi connectivity index (χ1v) is 4.82. The van der Waals surface area contributed by atoms with E-state index in [0.717, 1.165) is 11.1 Å². The van der Waals surface area contributed by atoms with Gasteiger partial charge in [0.2, 0.25) is 0 Å². The molecule has 0 spiro atoms. The highest BCUT2D eigenvalue weighted by Gasteiger charge is 2.06. The monoisotopic (exact) mass is 203 g/mol. The first-order chi connectivity index (χ1) is 6.97. The number of pyridine rings is 1. The van der Waals surface area contributed by atoms with Crippen molar-refractivity contribution in [1.29, 1.82) is 5.41 Å². The van der Waals surface area contributed by atoms with Crippen LogP contribution in [0.4, 0.5) is 0 Å². The summed E-state index contributed by atoms with van der Waals surface area (Å²) in [7, 11) is 0. The summed E-state index contributed by atoms with van der Waals surface area (Å²) < 4.78 is 1.70. The maximum absolute atomic E-state index is 7.98. The highest BCUT2D eigenvalue weighted by molar-refractivity contribution is 5.53. The van der Waals surface area contributed by atoms with Crippen molar-refractivity contribution in [3.8, 4) is 0 Å². The van der Waals surface area contributed by atoms with Crippen LogP contribution in [-0.4, -0.2) is 4.57 Å².